The molecule has 2 atom stereocenters. The molecule has 0 radical (unpaired) electrons. The Labute approximate surface area is 142 Å². The molecule has 0 bridgehead atoms. The minimum atomic E-state index is -3.28. The number of hydrogen-bond donors (Lipinski definition) is 3. The number of carbonyl (C=O) groups is 2. The molecule has 0 fully saturated rings. The molecule has 0 saturated heterocycles. The number of sulfone groups is 1. The van der Waals surface area contributed by atoms with Crippen molar-refractivity contribution < 1.29 is 23.1 Å². The lowest BCUT2D eigenvalue weighted by atomic mass is 10.1. The van der Waals surface area contributed by atoms with Crippen LogP contribution in [-0.4, -0.2) is 44.2 Å². The van der Waals surface area contributed by atoms with Crippen LogP contribution in [0.15, 0.2) is 29.2 Å². The number of hydrogen-bond acceptors (Lipinski definition) is 5. The van der Waals surface area contributed by atoms with Gasteiger partial charge in [0.25, 0.3) is 0 Å². The number of aliphatic hydroxyl groups excluding tert-OH is 1. The third-order valence-corrected chi connectivity index (χ3v) is 4.64. The van der Waals surface area contributed by atoms with Gasteiger partial charge in [0.1, 0.15) is 6.04 Å². The average Bonchev–Trinajstić information content (AvgIpc) is 2.51. The Hall–Kier alpha value is -1.93. The quantitative estimate of drug-likeness (QED) is 0.655. The maximum absolute atomic E-state index is 12.2. The molecule has 0 aliphatic carbocycles. The number of rotatable bonds is 7. The van der Waals surface area contributed by atoms with E-state index >= 15 is 0 Å². The van der Waals surface area contributed by atoms with Crippen molar-refractivity contribution in [1.82, 2.24) is 10.6 Å². The fraction of sp³-hybridized carbons (Fsp3) is 0.500. The fourth-order valence-corrected chi connectivity index (χ4v) is 2.56. The SMILES string of the molecule is CC(C)C(=O)N[C@@H](CO)C(=O)N[C@@H](C)c1ccc(S(C)(=O)=O)cc1. The molecule has 0 aromatic heterocycles. The van der Waals surface area contributed by atoms with E-state index < -0.39 is 34.4 Å². The molecule has 2 amide bonds. The molecule has 0 aliphatic rings. The van der Waals surface area contributed by atoms with E-state index in [1.807, 2.05) is 0 Å². The monoisotopic (exact) mass is 356 g/mol. The van der Waals surface area contributed by atoms with Crippen LogP contribution >= 0.6 is 0 Å². The van der Waals surface area contributed by atoms with Crippen LogP contribution < -0.4 is 10.6 Å². The zero-order valence-corrected chi connectivity index (χ0v) is 15.1. The minimum Gasteiger partial charge on any atom is -0.394 e. The Balaban J connectivity index is 2.76. The van der Waals surface area contributed by atoms with Gasteiger partial charge in [-0.1, -0.05) is 26.0 Å². The smallest absolute Gasteiger partial charge is 0.245 e. The largest absolute Gasteiger partial charge is 0.394 e. The maximum atomic E-state index is 12.2. The number of amides is 2. The maximum Gasteiger partial charge on any atom is 0.245 e. The lowest BCUT2D eigenvalue weighted by molar-refractivity contribution is -0.131. The average molecular weight is 356 g/mol. The van der Waals surface area contributed by atoms with Crippen LogP contribution in [0.5, 0.6) is 0 Å². The predicted molar refractivity (Wildman–Crippen MR) is 90.0 cm³/mol. The second kappa shape index (κ2) is 8.25. The summed E-state index contributed by atoms with van der Waals surface area (Å²) in [5.41, 5.74) is 0.711. The molecule has 24 heavy (non-hydrogen) atoms. The first-order valence-electron chi connectivity index (χ1n) is 7.58. The first kappa shape index (κ1) is 20.1. The van der Waals surface area contributed by atoms with E-state index in [1.165, 1.54) is 12.1 Å². The normalized spacial score (nSPS) is 14.1. The summed E-state index contributed by atoms with van der Waals surface area (Å²) in [7, 11) is -3.28. The van der Waals surface area contributed by atoms with E-state index in [1.54, 1.807) is 32.9 Å². The summed E-state index contributed by atoms with van der Waals surface area (Å²) >= 11 is 0. The van der Waals surface area contributed by atoms with E-state index in [9.17, 15) is 23.1 Å². The van der Waals surface area contributed by atoms with E-state index in [4.69, 9.17) is 0 Å². The van der Waals surface area contributed by atoms with Gasteiger partial charge in [-0.05, 0) is 24.6 Å². The van der Waals surface area contributed by atoms with Crippen LogP contribution in [0.3, 0.4) is 0 Å². The molecular weight excluding hydrogens is 332 g/mol. The van der Waals surface area contributed by atoms with E-state index in [-0.39, 0.29) is 16.7 Å². The van der Waals surface area contributed by atoms with Gasteiger partial charge in [-0.15, -0.1) is 0 Å². The zero-order chi connectivity index (χ0) is 18.5. The van der Waals surface area contributed by atoms with Gasteiger partial charge >= 0.3 is 0 Å². The Morgan fingerprint density at radius 3 is 2.00 bits per heavy atom. The van der Waals surface area contributed by atoms with Crippen molar-refractivity contribution in [2.75, 3.05) is 12.9 Å². The summed E-state index contributed by atoms with van der Waals surface area (Å²) < 4.78 is 22.9. The van der Waals surface area contributed by atoms with Crippen molar-refractivity contribution in [3.05, 3.63) is 29.8 Å². The highest BCUT2D eigenvalue weighted by Gasteiger charge is 2.22. The molecule has 0 heterocycles. The molecule has 0 spiro atoms. The van der Waals surface area contributed by atoms with Crippen LogP contribution in [0.4, 0.5) is 0 Å². The van der Waals surface area contributed by atoms with E-state index in [0.717, 1.165) is 6.26 Å². The molecular formula is C16H24N2O5S. The van der Waals surface area contributed by atoms with Gasteiger partial charge in [0.05, 0.1) is 17.5 Å². The Kier molecular flexibility index (Phi) is 6.92. The highest BCUT2D eigenvalue weighted by atomic mass is 32.2. The molecule has 7 nitrogen and oxygen atoms in total. The molecule has 0 unspecified atom stereocenters. The standard InChI is InChI=1S/C16H24N2O5S/c1-10(2)15(20)18-14(9-19)16(21)17-11(3)12-5-7-13(8-6-12)24(4,22)23/h5-8,10-11,14,19H,9H2,1-4H3,(H,17,21)(H,18,20)/t11-,14-/m0/s1. The molecule has 1 aromatic carbocycles. The van der Waals surface area contributed by atoms with Gasteiger partial charge in [-0.25, -0.2) is 8.42 Å². The molecule has 8 heteroatoms. The van der Waals surface area contributed by atoms with Crippen molar-refractivity contribution in [2.45, 2.75) is 37.8 Å². The zero-order valence-electron chi connectivity index (χ0n) is 14.2. The van der Waals surface area contributed by atoms with Gasteiger partial charge in [0.2, 0.25) is 11.8 Å². The first-order valence-corrected chi connectivity index (χ1v) is 9.47. The molecule has 0 saturated carbocycles. The van der Waals surface area contributed by atoms with Gasteiger partial charge in [0.15, 0.2) is 9.84 Å². The second-order valence-electron chi connectivity index (χ2n) is 5.97. The highest BCUT2D eigenvalue weighted by molar-refractivity contribution is 7.90. The Bertz CT molecular complexity index is 683. The molecule has 134 valence electrons. The summed E-state index contributed by atoms with van der Waals surface area (Å²) in [5.74, 6) is -1.13. The molecule has 1 rings (SSSR count). The van der Waals surface area contributed by atoms with Crippen molar-refractivity contribution in [3.63, 3.8) is 0 Å². The van der Waals surface area contributed by atoms with Crippen molar-refractivity contribution in [2.24, 2.45) is 5.92 Å². The number of nitrogens with one attached hydrogen (secondary N) is 2. The second-order valence-corrected chi connectivity index (χ2v) is 7.99. The minimum absolute atomic E-state index is 0.196. The van der Waals surface area contributed by atoms with Crippen molar-refractivity contribution >= 4 is 21.7 Å². The van der Waals surface area contributed by atoms with Crippen molar-refractivity contribution in [1.29, 1.82) is 0 Å². The van der Waals surface area contributed by atoms with Crippen LogP contribution in [0.1, 0.15) is 32.4 Å². The summed E-state index contributed by atoms with van der Waals surface area (Å²) in [6, 6.07) is 4.73. The predicted octanol–water partition coefficient (Wildman–Crippen LogP) is 0.400. The lowest BCUT2D eigenvalue weighted by Gasteiger charge is -2.21. The number of aliphatic hydroxyl groups is 1. The Morgan fingerprint density at radius 1 is 1.04 bits per heavy atom. The van der Waals surface area contributed by atoms with E-state index in [0.29, 0.717) is 5.56 Å². The highest BCUT2D eigenvalue weighted by Crippen LogP contribution is 2.16. The third kappa shape index (κ3) is 5.61. The van der Waals surface area contributed by atoms with Crippen LogP contribution in [0, 0.1) is 5.92 Å². The van der Waals surface area contributed by atoms with Gasteiger partial charge in [-0.3, -0.25) is 9.59 Å². The third-order valence-electron chi connectivity index (χ3n) is 3.51. The van der Waals surface area contributed by atoms with Crippen LogP contribution in [-0.2, 0) is 19.4 Å². The summed E-state index contributed by atoms with van der Waals surface area (Å²) in [6.45, 7) is 4.59. The van der Waals surface area contributed by atoms with Crippen molar-refractivity contribution in [3.8, 4) is 0 Å². The van der Waals surface area contributed by atoms with Gasteiger partial charge in [-0.2, -0.15) is 0 Å². The van der Waals surface area contributed by atoms with Crippen LogP contribution in [0.2, 0.25) is 0 Å². The lowest BCUT2D eigenvalue weighted by Crippen LogP contribution is -2.50. The Morgan fingerprint density at radius 2 is 1.58 bits per heavy atom. The molecule has 1 aromatic rings. The fourth-order valence-electron chi connectivity index (χ4n) is 1.93. The molecule has 0 aliphatic heterocycles. The van der Waals surface area contributed by atoms with Gasteiger partial charge < -0.3 is 15.7 Å². The van der Waals surface area contributed by atoms with E-state index in [2.05, 4.69) is 10.6 Å². The number of carbonyl (C=O) groups excluding carboxylic acids is 2. The summed E-state index contributed by atoms with van der Waals surface area (Å²) in [6.07, 6.45) is 1.12. The molecule has 3 N–H and O–H groups in total. The van der Waals surface area contributed by atoms with Gasteiger partial charge in [0, 0.05) is 12.2 Å². The topological polar surface area (TPSA) is 113 Å². The van der Waals surface area contributed by atoms with Crippen LogP contribution in [0.25, 0.3) is 0 Å². The summed E-state index contributed by atoms with van der Waals surface area (Å²) in [4.78, 5) is 24.0. The summed E-state index contributed by atoms with van der Waals surface area (Å²) in [5, 5.41) is 14.5. The first-order chi connectivity index (χ1) is 11.1. The number of benzene rings is 1.